The Morgan fingerprint density at radius 2 is 2.21 bits per heavy atom. The molecule has 1 atom stereocenters. The van der Waals surface area contributed by atoms with Crippen molar-refractivity contribution in [1.29, 1.82) is 0 Å². The Morgan fingerprint density at radius 1 is 1.42 bits per heavy atom. The molecule has 1 aliphatic carbocycles. The highest BCUT2D eigenvalue weighted by Gasteiger charge is 2.20. The van der Waals surface area contributed by atoms with Gasteiger partial charge < -0.3 is 15.0 Å². The summed E-state index contributed by atoms with van der Waals surface area (Å²) in [7, 11) is 5.97. The molecular formula is C16H26N2O. The summed E-state index contributed by atoms with van der Waals surface area (Å²) < 4.78 is 5.30. The lowest BCUT2D eigenvalue weighted by molar-refractivity contribution is 0.193. The summed E-state index contributed by atoms with van der Waals surface area (Å²) in [6.45, 7) is 2.27. The van der Waals surface area contributed by atoms with Crippen LogP contribution in [-0.4, -0.2) is 39.2 Å². The third kappa shape index (κ3) is 3.95. The van der Waals surface area contributed by atoms with Crippen molar-refractivity contribution in [2.75, 3.05) is 34.3 Å². The number of likely N-dealkylation sites (N-methyl/N-ethyl adjacent to an activating group) is 2. The Morgan fingerprint density at radius 3 is 2.79 bits per heavy atom. The van der Waals surface area contributed by atoms with Crippen molar-refractivity contribution in [3.63, 3.8) is 0 Å². The molecule has 0 aromatic heterocycles. The molecule has 1 fully saturated rings. The van der Waals surface area contributed by atoms with Gasteiger partial charge in [-0.1, -0.05) is 18.6 Å². The van der Waals surface area contributed by atoms with Gasteiger partial charge in [0.2, 0.25) is 0 Å². The van der Waals surface area contributed by atoms with Crippen molar-refractivity contribution < 1.29 is 4.74 Å². The fourth-order valence-corrected chi connectivity index (χ4v) is 2.72. The van der Waals surface area contributed by atoms with Crippen LogP contribution in [0.5, 0.6) is 5.75 Å². The van der Waals surface area contributed by atoms with E-state index in [0.29, 0.717) is 6.04 Å². The van der Waals surface area contributed by atoms with Crippen LogP contribution in [0.15, 0.2) is 24.3 Å². The van der Waals surface area contributed by atoms with Gasteiger partial charge >= 0.3 is 0 Å². The highest BCUT2D eigenvalue weighted by Crippen LogP contribution is 2.27. The minimum Gasteiger partial charge on any atom is -0.497 e. The van der Waals surface area contributed by atoms with Gasteiger partial charge in [0.05, 0.1) is 7.11 Å². The maximum atomic E-state index is 5.30. The van der Waals surface area contributed by atoms with Crippen LogP contribution in [0.25, 0.3) is 0 Å². The van der Waals surface area contributed by atoms with Crippen LogP contribution >= 0.6 is 0 Å². The lowest BCUT2D eigenvalue weighted by atomic mass is 9.85. The standard InChI is InChI=1S/C16H26N2O/c1-17-16(12-18(2)11-13-6-4-7-13)14-8-5-9-15(10-14)19-3/h5,8-10,13,16-17H,4,6-7,11-12H2,1-3H3. The predicted molar refractivity (Wildman–Crippen MR) is 79.6 cm³/mol. The van der Waals surface area contributed by atoms with Gasteiger partial charge in [-0.05, 0) is 50.6 Å². The summed E-state index contributed by atoms with van der Waals surface area (Å²) in [5, 5.41) is 3.41. The number of hydrogen-bond acceptors (Lipinski definition) is 3. The Kier molecular flexibility index (Phi) is 5.23. The molecule has 0 radical (unpaired) electrons. The third-order valence-corrected chi connectivity index (χ3v) is 4.13. The molecule has 1 aromatic rings. The van der Waals surface area contributed by atoms with Crippen LogP contribution in [0.4, 0.5) is 0 Å². The van der Waals surface area contributed by atoms with Crippen LogP contribution in [0, 0.1) is 5.92 Å². The van der Waals surface area contributed by atoms with Crippen LogP contribution < -0.4 is 10.1 Å². The molecule has 1 aliphatic rings. The topological polar surface area (TPSA) is 24.5 Å². The van der Waals surface area contributed by atoms with Gasteiger partial charge in [0.15, 0.2) is 0 Å². The van der Waals surface area contributed by atoms with Crippen molar-refractivity contribution in [1.82, 2.24) is 10.2 Å². The molecule has 0 bridgehead atoms. The molecule has 1 aromatic carbocycles. The van der Waals surface area contributed by atoms with E-state index >= 15 is 0 Å². The minimum absolute atomic E-state index is 0.361. The molecule has 3 heteroatoms. The van der Waals surface area contributed by atoms with Crippen molar-refractivity contribution >= 4 is 0 Å². The van der Waals surface area contributed by atoms with E-state index in [1.54, 1.807) is 7.11 Å². The number of rotatable bonds is 7. The van der Waals surface area contributed by atoms with Gasteiger partial charge in [-0.3, -0.25) is 0 Å². The molecule has 3 nitrogen and oxygen atoms in total. The zero-order valence-electron chi connectivity index (χ0n) is 12.4. The molecule has 1 unspecified atom stereocenters. The quantitative estimate of drug-likeness (QED) is 0.817. The van der Waals surface area contributed by atoms with Gasteiger partial charge in [0.25, 0.3) is 0 Å². The Hall–Kier alpha value is -1.06. The SMILES string of the molecule is CNC(CN(C)CC1CCC1)c1cccc(OC)c1. The molecule has 2 rings (SSSR count). The van der Waals surface area contributed by atoms with Gasteiger partial charge in [-0.2, -0.15) is 0 Å². The molecular weight excluding hydrogens is 236 g/mol. The van der Waals surface area contributed by atoms with Gasteiger partial charge in [-0.25, -0.2) is 0 Å². The maximum Gasteiger partial charge on any atom is 0.119 e. The Balaban J connectivity index is 1.93. The monoisotopic (exact) mass is 262 g/mol. The van der Waals surface area contributed by atoms with Crippen molar-refractivity contribution in [3.05, 3.63) is 29.8 Å². The normalized spacial score (nSPS) is 17.3. The van der Waals surface area contributed by atoms with Crippen molar-refractivity contribution in [2.45, 2.75) is 25.3 Å². The number of benzene rings is 1. The average Bonchev–Trinajstić information content (AvgIpc) is 2.40. The maximum absolute atomic E-state index is 5.30. The van der Waals surface area contributed by atoms with E-state index in [4.69, 9.17) is 4.74 Å². The first-order valence-electron chi connectivity index (χ1n) is 7.22. The zero-order chi connectivity index (χ0) is 13.7. The third-order valence-electron chi connectivity index (χ3n) is 4.13. The molecule has 0 amide bonds. The van der Waals surface area contributed by atoms with Gasteiger partial charge in [0, 0.05) is 19.1 Å². The van der Waals surface area contributed by atoms with E-state index in [0.717, 1.165) is 18.2 Å². The highest BCUT2D eigenvalue weighted by atomic mass is 16.5. The minimum atomic E-state index is 0.361. The van der Waals surface area contributed by atoms with E-state index in [1.165, 1.54) is 31.4 Å². The van der Waals surface area contributed by atoms with Crippen LogP contribution in [0.1, 0.15) is 30.9 Å². The highest BCUT2D eigenvalue weighted by molar-refractivity contribution is 5.30. The van der Waals surface area contributed by atoms with E-state index < -0.39 is 0 Å². The van der Waals surface area contributed by atoms with E-state index in [1.807, 2.05) is 13.1 Å². The number of nitrogens with zero attached hydrogens (tertiary/aromatic N) is 1. The van der Waals surface area contributed by atoms with Gasteiger partial charge in [-0.15, -0.1) is 0 Å². The first-order valence-corrected chi connectivity index (χ1v) is 7.22. The molecule has 106 valence electrons. The molecule has 0 heterocycles. The number of nitrogens with one attached hydrogen (secondary N) is 1. The van der Waals surface area contributed by atoms with E-state index in [2.05, 4.69) is 35.5 Å². The van der Waals surface area contributed by atoms with Gasteiger partial charge in [0.1, 0.15) is 5.75 Å². The van der Waals surface area contributed by atoms with E-state index in [9.17, 15) is 0 Å². The Labute approximate surface area is 116 Å². The number of ether oxygens (including phenoxy) is 1. The first kappa shape index (κ1) is 14.4. The largest absolute Gasteiger partial charge is 0.497 e. The second-order valence-corrected chi connectivity index (χ2v) is 5.64. The summed E-state index contributed by atoms with van der Waals surface area (Å²) in [5.74, 6) is 1.85. The molecule has 1 N–H and O–H groups in total. The lowest BCUT2D eigenvalue weighted by Gasteiger charge is -2.32. The summed E-state index contributed by atoms with van der Waals surface area (Å²) in [4.78, 5) is 2.45. The summed E-state index contributed by atoms with van der Waals surface area (Å²) in [5.41, 5.74) is 1.29. The molecule has 19 heavy (non-hydrogen) atoms. The second kappa shape index (κ2) is 6.92. The van der Waals surface area contributed by atoms with Crippen LogP contribution in [-0.2, 0) is 0 Å². The van der Waals surface area contributed by atoms with Crippen molar-refractivity contribution in [2.24, 2.45) is 5.92 Å². The average molecular weight is 262 g/mol. The fraction of sp³-hybridized carbons (Fsp3) is 0.625. The number of hydrogen-bond donors (Lipinski definition) is 1. The zero-order valence-corrected chi connectivity index (χ0v) is 12.4. The van der Waals surface area contributed by atoms with Crippen LogP contribution in [0.3, 0.4) is 0 Å². The number of methoxy groups -OCH3 is 1. The van der Waals surface area contributed by atoms with Crippen molar-refractivity contribution in [3.8, 4) is 5.75 Å². The second-order valence-electron chi connectivity index (χ2n) is 5.64. The summed E-state index contributed by atoms with van der Waals surface area (Å²) in [6, 6.07) is 8.71. The fourth-order valence-electron chi connectivity index (χ4n) is 2.72. The summed E-state index contributed by atoms with van der Waals surface area (Å²) in [6.07, 6.45) is 4.24. The first-order chi connectivity index (χ1) is 9.22. The smallest absolute Gasteiger partial charge is 0.119 e. The molecule has 0 spiro atoms. The Bertz CT molecular complexity index is 390. The lowest BCUT2D eigenvalue weighted by Crippen LogP contribution is -2.35. The molecule has 0 saturated heterocycles. The van der Waals surface area contributed by atoms with E-state index in [-0.39, 0.29) is 0 Å². The van der Waals surface area contributed by atoms with Crippen LogP contribution in [0.2, 0.25) is 0 Å². The molecule has 0 aliphatic heterocycles. The summed E-state index contributed by atoms with van der Waals surface area (Å²) >= 11 is 0. The predicted octanol–water partition coefficient (Wildman–Crippen LogP) is 2.69. The molecule has 1 saturated carbocycles.